The molecule has 374 valence electrons. The first-order valence-corrected chi connectivity index (χ1v) is 25.9. The number of ether oxygens (including phenoxy) is 2. The lowest BCUT2D eigenvalue weighted by molar-refractivity contribution is -0.147. The van der Waals surface area contributed by atoms with Crippen LogP contribution in [0.15, 0.2) is 122 Å². The minimum atomic E-state index is -4.82. The van der Waals surface area contributed by atoms with Crippen LogP contribution in [0.5, 0.6) is 0 Å². The third-order valence-electron chi connectivity index (χ3n) is 8.51. The Labute approximate surface area is 393 Å². The van der Waals surface area contributed by atoms with E-state index < -0.39 is 85.5 Å². The van der Waals surface area contributed by atoms with E-state index in [-0.39, 0.29) is 12.8 Å². The van der Waals surface area contributed by atoms with Crippen LogP contribution >= 0.6 is 15.6 Å². The van der Waals surface area contributed by atoms with Gasteiger partial charge in [0.2, 0.25) is 0 Å². The lowest BCUT2D eigenvalue weighted by Gasteiger charge is -2.19. The van der Waals surface area contributed by atoms with Crippen molar-refractivity contribution >= 4 is 27.6 Å². The van der Waals surface area contributed by atoms with Crippen molar-refractivity contribution in [1.82, 2.24) is 0 Å². The van der Waals surface area contributed by atoms with Gasteiger partial charge in [-0.3, -0.25) is 27.7 Å². The Balaban J connectivity index is 4.04. The summed E-state index contributed by atoms with van der Waals surface area (Å²) in [7, 11) is -9.62. The number of rotatable bonds is 42. The third-order valence-corrected chi connectivity index (χ3v) is 10.4. The highest BCUT2D eigenvalue weighted by Gasteiger charge is 2.28. The van der Waals surface area contributed by atoms with Crippen LogP contribution in [0.1, 0.15) is 117 Å². The van der Waals surface area contributed by atoms with Crippen molar-refractivity contribution in [3.8, 4) is 0 Å². The average Bonchev–Trinajstić information content (AvgIpc) is 3.29. The molecule has 0 amide bonds. The molecule has 0 saturated heterocycles. The summed E-state index contributed by atoms with van der Waals surface area (Å²) in [4.78, 5) is 43.6. The first kappa shape index (κ1) is 62.4. The van der Waals surface area contributed by atoms with Crippen LogP contribution in [0.2, 0.25) is 0 Å². The maximum Gasteiger partial charge on any atom is 0.472 e. The average molecular weight is 969 g/mol. The topological polar surface area (TPSA) is 225 Å². The van der Waals surface area contributed by atoms with Gasteiger partial charge in [0.05, 0.1) is 32.8 Å². The van der Waals surface area contributed by atoms with Crippen LogP contribution in [0.4, 0.5) is 0 Å². The lowest BCUT2D eigenvalue weighted by atomic mass is 10.1. The molecule has 0 spiro atoms. The van der Waals surface area contributed by atoms with Crippen molar-refractivity contribution < 1.29 is 71.4 Å². The van der Waals surface area contributed by atoms with E-state index in [0.717, 1.165) is 77.0 Å². The molecule has 0 aromatic heterocycles. The number of phosphoric acid groups is 2. The summed E-state index contributed by atoms with van der Waals surface area (Å²) in [5, 5.41) is 30.0. The predicted molar refractivity (Wildman–Crippen MR) is 260 cm³/mol. The number of unbranched alkanes of at least 4 members (excludes halogenated alkanes) is 5. The molecular weight excluding hydrogens is 890 g/mol. The Morgan fingerprint density at radius 2 is 0.773 bits per heavy atom. The van der Waals surface area contributed by atoms with Crippen LogP contribution in [-0.4, -0.2) is 95.0 Å². The standard InChI is InChI=1S/C49H78O15P2/c1-3-5-7-9-11-13-15-17-18-19-20-21-22-23-24-26-28-30-32-34-36-38-49(54)60-40-46(51)42-62-66(57,58)64-44-47(52)43-63-65(55,56)61-41-45(50)39-59-48(53)37-35-33-31-29-27-25-16-14-12-10-8-6-4-2/h5-8,10-14,16-18,20-21,23-24,28,30,34,36,45-47,50-52H,3-4,9,15,19,22,25-27,29,31-33,35,37-44H2,1-2H3,(H,55,56)(H,57,58)/b7-5-,8-6+,12-10+,13-11-,16-14-,18-17-,21-20-,24-23-,30-28-,36-34-. The van der Waals surface area contributed by atoms with E-state index in [2.05, 4.69) is 105 Å². The van der Waals surface area contributed by atoms with Crippen LogP contribution in [0.25, 0.3) is 0 Å². The molecule has 0 fully saturated rings. The summed E-state index contributed by atoms with van der Waals surface area (Å²) in [6.07, 6.45) is 49.4. The number of carbonyl (C=O) groups is 2. The van der Waals surface area contributed by atoms with Gasteiger partial charge in [-0.2, -0.15) is 0 Å². The van der Waals surface area contributed by atoms with E-state index in [1.165, 1.54) is 0 Å². The molecule has 0 aliphatic rings. The van der Waals surface area contributed by atoms with Crippen LogP contribution < -0.4 is 0 Å². The zero-order valence-corrected chi connectivity index (χ0v) is 40.8. The predicted octanol–water partition coefficient (Wildman–Crippen LogP) is 10.3. The number of allylic oxidation sites excluding steroid dienone is 19. The van der Waals surface area contributed by atoms with E-state index in [4.69, 9.17) is 9.47 Å². The van der Waals surface area contributed by atoms with Crippen molar-refractivity contribution in [3.05, 3.63) is 122 Å². The molecule has 5 unspecified atom stereocenters. The van der Waals surface area contributed by atoms with Crippen molar-refractivity contribution in [3.63, 3.8) is 0 Å². The molecule has 0 rings (SSSR count). The number of esters is 2. The fourth-order valence-corrected chi connectivity index (χ4v) is 6.59. The molecule has 0 heterocycles. The van der Waals surface area contributed by atoms with E-state index in [9.17, 15) is 43.8 Å². The van der Waals surface area contributed by atoms with Crippen molar-refractivity contribution in [2.45, 2.75) is 135 Å². The Morgan fingerprint density at radius 1 is 0.424 bits per heavy atom. The Kier molecular flexibility index (Phi) is 41.6. The third kappa shape index (κ3) is 45.6. The quantitative estimate of drug-likeness (QED) is 0.0126. The van der Waals surface area contributed by atoms with E-state index in [1.54, 1.807) is 12.2 Å². The maximum absolute atomic E-state index is 12.1. The van der Waals surface area contributed by atoms with Gasteiger partial charge in [-0.15, -0.1) is 0 Å². The van der Waals surface area contributed by atoms with Gasteiger partial charge in [0.1, 0.15) is 31.5 Å². The molecule has 15 nitrogen and oxygen atoms in total. The summed E-state index contributed by atoms with van der Waals surface area (Å²) < 4.78 is 52.8. The molecular formula is C49H78O15P2. The largest absolute Gasteiger partial charge is 0.472 e. The molecule has 66 heavy (non-hydrogen) atoms. The summed E-state index contributed by atoms with van der Waals surface area (Å²) in [6.45, 7) is -0.0236. The second-order valence-corrected chi connectivity index (χ2v) is 17.6. The molecule has 0 saturated carbocycles. The first-order chi connectivity index (χ1) is 31.8. The van der Waals surface area contributed by atoms with E-state index in [0.29, 0.717) is 12.8 Å². The van der Waals surface area contributed by atoms with Gasteiger partial charge in [-0.1, -0.05) is 155 Å². The van der Waals surface area contributed by atoms with Gasteiger partial charge in [0.25, 0.3) is 0 Å². The number of aliphatic hydroxyl groups excluding tert-OH is 3. The van der Waals surface area contributed by atoms with Gasteiger partial charge in [0, 0.05) is 6.42 Å². The van der Waals surface area contributed by atoms with Crippen LogP contribution in [0, 0.1) is 0 Å². The molecule has 17 heteroatoms. The molecule has 5 atom stereocenters. The second-order valence-electron chi connectivity index (χ2n) is 14.7. The highest BCUT2D eigenvalue weighted by atomic mass is 31.2. The molecule has 0 aliphatic heterocycles. The molecule has 0 aromatic carbocycles. The second kappa shape index (κ2) is 44.0. The smallest absolute Gasteiger partial charge is 0.463 e. The number of carbonyl (C=O) groups excluding carboxylic acids is 2. The first-order valence-electron chi connectivity index (χ1n) is 22.9. The minimum Gasteiger partial charge on any atom is -0.463 e. The summed E-state index contributed by atoms with van der Waals surface area (Å²) in [5.41, 5.74) is 0. The van der Waals surface area contributed by atoms with Crippen molar-refractivity contribution in [1.29, 1.82) is 0 Å². The highest BCUT2D eigenvalue weighted by molar-refractivity contribution is 7.47. The van der Waals surface area contributed by atoms with Gasteiger partial charge >= 0.3 is 27.6 Å². The fourth-order valence-electron chi connectivity index (χ4n) is 5.00. The van der Waals surface area contributed by atoms with Gasteiger partial charge in [-0.25, -0.2) is 9.13 Å². The van der Waals surface area contributed by atoms with Gasteiger partial charge in [-0.05, 0) is 70.6 Å². The van der Waals surface area contributed by atoms with Crippen molar-refractivity contribution in [2.75, 3.05) is 39.6 Å². The number of phosphoric ester groups is 2. The molecule has 0 aliphatic carbocycles. The van der Waals surface area contributed by atoms with Crippen LogP contribution in [-0.2, 0) is 46.3 Å². The Morgan fingerprint density at radius 3 is 1.21 bits per heavy atom. The number of hydrogen-bond acceptors (Lipinski definition) is 13. The van der Waals surface area contributed by atoms with E-state index in [1.807, 2.05) is 36.5 Å². The number of hydrogen-bond donors (Lipinski definition) is 5. The van der Waals surface area contributed by atoms with E-state index >= 15 is 0 Å². The van der Waals surface area contributed by atoms with Gasteiger partial charge < -0.3 is 34.6 Å². The zero-order valence-electron chi connectivity index (χ0n) is 39.0. The zero-order chi connectivity index (χ0) is 48.8. The lowest BCUT2D eigenvalue weighted by Crippen LogP contribution is -2.25. The normalized spacial score (nSPS) is 16.2. The Bertz CT molecular complexity index is 1640. The monoisotopic (exact) mass is 968 g/mol. The SMILES string of the molecule is CC/C=C\C/C=C\C/C=C\C/C=C\C/C=C\C/C=C\C/C=C\CC(=O)OCC(O)COP(=O)(O)OCC(O)COP(=O)(O)OCC(O)COC(=O)CCCCCCC\C=C/C=C/C=C/CC. The summed E-state index contributed by atoms with van der Waals surface area (Å²) in [6, 6.07) is 0. The highest BCUT2D eigenvalue weighted by Crippen LogP contribution is 2.45. The van der Waals surface area contributed by atoms with Crippen LogP contribution in [0.3, 0.4) is 0 Å². The molecule has 0 aromatic rings. The molecule has 5 N–H and O–H groups in total. The molecule has 0 radical (unpaired) electrons. The Hall–Kier alpha value is -3.56. The summed E-state index contributed by atoms with van der Waals surface area (Å²) in [5.74, 6) is -1.16. The summed E-state index contributed by atoms with van der Waals surface area (Å²) >= 11 is 0. The number of aliphatic hydroxyl groups is 3. The fraction of sp³-hybridized carbons (Fsp3) is 0.551. The van der Waals surface area contributed by atoms with Crippen molar-refractivity contribution in [2.24, 2.45) is 0 Å². The van der Waals surface area contributed by atoms with Gasteiger partial charge in [0.15, 0.2) is 0 Å². The minimum absolute atomic E-state index is 0.0458. The maximum atomic E-state index is 12.1. The molecule has 0 bridgehead atoms.